The number of carbonyl (C=O) groups is 1. The molecular formula is C22H27NO4. The molecule has 1 amide bonds. The van der Waals surface area contributed by atoms with Gasteiger partial charge in [0, 0.05) is 12.8 Å². The van der Waals surface area contributed by atoms with Crippen LogP contribution in [0, 0.1) is 13.8 Å². The van der Waals surface area contributed by atoms with Crippen molar-refractivity contribution in [2.45, 2.75) is 33.1 Å². The predicted octanol–water partition coefficient (Wildman–Crippen LogP) is 3.59. The first-order valence-electron chi connectivity index (χ1n) is 9.46. The Morgan fingerprint density at radius 2 is 1.78 bits per heavy atom. The molecule has 0 fully saturated rings. The summed E-state index contributed by atoms with van der Waals surface area (Å²) in [5.74, 6) is 2.41. The number of ether oxygens (including phenoxy) is 3. The number of carbonyl (C=O) groups excluding carboxylic acids is 1. The smallest absolute Gasteiger partial charge is 0.220 e. The summed E-state index contributed by atoms with van der Waals surface area (Å²) in [6.45, 7) is 6.38. The maximum Gasteiger partial charge on any atom is 0.220 e. The average Bonchev–Trinajstić information content (AvgIpc) is 2.87. The van der Waals surface area contributed by atoms with Gasteiger partial charge in [-0.25, -0.2) is 0 Å². The summed E-state index contributed by atoms with van der Waals surface area (Å²) in [5.41, 5.74) is 3.41. The van der Waals surface area contributed by atoms with E-state index in [9.17, 15) is 4.79 Å². The van der Waals surface area contributed by atoms with Crippen LogP contribution in [0.5, 0.6) is 17.2 Å². The van der Waals surface area contributed by atoms with Crippen LogP contribution in [-0.4, -0.2) is 32.3 Å². The molecule has 0 unspecified atom stereocenters. The fraction of sp³-hybridized carbons (Fsp3) is 0.409. The Morgan fingerprint density at radius 3 is 2.56 bits per heavy atom. The molecule has 27 heavy (non-hydrogen) atoms. The summed E-state index contributed by atoms with van der Waals surface area (Å²) < 4.78 is 17.0. The standard InChI is InChI=1S/C22H27NO4/c1-16-12-17(2)14-19(13-16)25-11-8-23-22(24)7-5-18-4-6-20-21(15-18)27-10-3-9-26-20/h4,6,12-15H,3,5,7-11H2,1-2H3,(H,23,24). The fourth-order valence-corrected chi connectivity index (χ4v) is 3.09. The molecule has 1 heterocycles. The SMILES string of the molecule is Cc1cc(C)cc(OCCNC(=O)CCc2ccc3c(c2)OCCCO3)c1. The zero-order valence-electron chi connectivity index (χ0n) is 16.0. The molecule has 1 aliphatic rings. The van der Waals surface area contributed by atoms with Crippen LogP contribution in [0.1, 0.15) is 29.5 Å². The Labute approximate surface area is 160 Å². The summed E-state index contributed by atoms with van der Waals surface area (Å²) in [6.07, 6.45) is 1.99. The first-order valence-corrected chi connectivity index (χ1v) is 9.46. The molecule has 1 aliphatic heterocycles. The van der Waals surface area contributed by atoms with E-state index in [-0.39, 0.29) is 5.91 Å². The van der Waals surface area contributed by atoms with Gasteiger partial charge in [-0.2, -0.15) is 0 Å². The molecular weight excluding hydrogens is 342 g/mol. The molecule has 5 nitrogen and oxygen atoms in total. The Bertz CT molecular complexity index is 768. The van der Waals surface area contributed by atoms with Gasteiger partial charge in [-0.3, -0.25) is 4.79 Å². The Kier molecular flexibility index (Phi) is 6.58. The molecule has 0 saturated heterocycles. The zero-order chi connectivity index (χ0) is 19.1. The molecule has 2 aromatic rings. The maximum atomic E-state index is 12.1. The van der Waals surface area contributed by atoms with Gasteiger partial charge in [0.2, 0.25) is 5.91 Å². The minimum absolute atomic E-state index is 0.0196. The molecule has 0 bridgehead atoms. The topological polar surface area (TPSA) is 56.8 Å². The Morgan fingerprint density at radius 1 is 1.04 bits per heavy atom. The number of benzene rings is 2. The van der Waals surface area contributed by atoms with Crippen LogP contribution in [0.15, 0.2) is 36.4 Å². The summed E-state index contributed by atoms with van der Waals surface area (Å²) in [5, 5.41) is 2.90. The zero-order valence-corrected chi connectivity index (χ0v) is 16.0. The summed E-state index contributed by atoms with van der Waals surface area (Å²) in [7, 11) is 0. The molecule has 144 valence electrons. The monoisotopic (exact) mass is 369 g/mol. The van der Waals surface area contributed by atoms with Crippen LogP contribution in [0.4, 0.5) is 0 Å². The second-order valence-corrected chi connectivity index (χ2v) is 6.85. The second kappa shape index (κ2) is 9.31. The van der Waals surface area contributed by atoms with Crippen LogP contribution in [0.25, 0.3) is 0 Å². The van der Waals surface area contributed by atoms with Gasteiger partial charge >= 0.3 is 0 Å². The number of amides is 1. The van der Waals surface area contributed by atoms with Crippen molar-refractivity contribution in [2.75, 3.05) is 26.4 Å². The molecule has 0 radical (unpaired) electrons. The van der Waals surface area contributed by atoms with Crippen LogP contribution in [-0.2, 0) is 11.2 Å². The highest BCUT2D eigenvalue weighted by molar-refractivity contribution is 5.76. The van der Waals surface area contributed by atoms with Gasteiger partial charge in [0.15, 0.2) is 11.5 Å². The van der Waals surface area contributed by atoms with Gasteiger partial charge in [-0.15, -0.1) is 0 Å². The summed E-state index contributed by atoms with van der Waals surface area (Å²) >= 11 is 0. The molecule has 2 aromatic carbocycles. The number of rotatable bonds is 7. The first kappa shape index (κ1) is 19.1. The third-order valence-electron chi connectivity index (χ3n) is 4.34. The van der Waals surface area contributed by atoms with E-state index in [1.807, 2.05) is 44.2 Å². The van der Waals surface area contributed by atoms with E-state index in [0.29, 0.717) is 39.2 Å². The first-order chi connectivity index (χ1) is 13.1. The normalized spacial score (nSPS) is 13.0. The van der Waals surface area contributed by atoms with Crippen molar-refractivity contribution in [1.82, 2.24) is 5.32 Å². The lowest BCUT2D eigenvalue weighted by Crippen LogP contribution is -2.28. The average molecular weight is 369 g/mol. The fourth-order valence-electron chi connectivity index (χ4n) is 3.09. The highest BCUT2D eigenvalue weighted by Gasteiger charge is 2.11. The Hall–Kier alpha value is -2.69. The number of hydrogen-bond donors (Lipinski definition) is 1. The molecule has 0 saturated carbocycles. The molecule has 5 heteroatoms. The van der Waals surface area contributed by atoms with Crippen molar-refractivity contribution >= 4 is 5.91 Å². The highest BCUT2D eigenvalue weighted by Crippen LogP contribution is 2.30. The summed E-state index contributed by atoms with van der Waals surface area (Å²) in [6, 6.07) is 12.0. The Balaban J connectivity index is 1.39. The maximum absolute atomic E-state index is 12.1. The van der Waals surface area contributed by atoms with Crippen LogP contribution < -0.4 is 19.5 Å². The van der Waals surface area contributed by atoms with Crippen molar-refractivity contribution in [2.24, 2.45) is 0 Å². The second-order valence-electron chi connectivity index (χ2n) is 6.85. The van der Waals surface area contributed by atoms with Gasteiger partial charge in [0.05, 0.1) is 19.8 Å². The largest absolute Gasteiger partial charge is 0.492 e. The number of fused-ring (bicyclic) bond motifs is 1. The lowest BCUT2D eigenvalue weighted by Gasteiger charge is -2.10. The lowest BCUT2D eigenvalue weighted by atomic mass is 10.1. The van der Waals surface area contributed by atoms with Crippen molar-refractivity contribution in [3.63, 3.8) is 0 Å². The van der Waals surface area contributed by atoms with Crippen molar-refractivity contribution < 1.29 is 19.0 Å². The van der Waals surface area contributed by atoms with E-state index in [2.05, 4.69) is 11.4 Å². The van der Waals surface area contributed by atoms with Gasteiger partial charge in [-0.1, -0.05) is 12.1 Å². The quantitative estimate of drug-likeness (QED) is 0.758. The third-order valence-corrected chi connectivity index (χ3v) is 4.34. The lowest BCUT2D eigenvalue weighted by molar-refractivity contribution is -0.121. The minimum Gasteiger partial charge on any atom is -0.492 e. The van der Waals surface area contributed by atoms with Crippen molar-refractivity contribution in [3.05, 3.63) is 53.1 Å². The van der Waals surface area contributed by atoms with E-state index in [1.165, 1.54) is 11.1 Å². The van der Waals surface area contributed by atoms with E-state index in [4.69, 9.17) is 14.2 Å². The molecule has 0 aliphatic carbocycles. The van der Waals surface area contributed by atoms with Crippen molar-refractivity contribution in [1.29, 1.82) is 0 Å². The van der Waals surface area contributed by atoms with E-state index < -0.39 is 0 Å². The third kappa shape index (κ3) is 5.91. The number of nitrogens with one attached hydrogen (secondary N) is 1. The predicted molar refractivity (Wildman–Crippen MR) is 105 cm³/mol. The van der Waals surface area contributed by atoms with Crippen LogP contribution in [0.3, 0.4) is 0 Å². The van der Waals surface area contributed by atoms with Crippen LogP contribution >= 0.6 is 0 Å². The van der Waals surface area contributed by atoms with E-state index in [1.54, 1.807) is 0 Å². The highest BCUT2D eigenvalue weighted by atomic mass is 16.5. The van der Waals surface area contributed by atoms with Crippen LogP contribution in [0.2, 0.25) is 0 Å². The molecule has 0 spiro atoms. The summed E-state index contributed by atoms with van der Waals surface area (Å²) in [4.78, 5) is 12.1. The van der Waals surface area contributed by atoms with Crippen molar-refractivity contribution in [3.8, 4) is 17.2 Å². The molecule has 3 rings (SSSR count). The van der Waals surface area contributed by atoms with E-state index in [0.717, 1.165) is 29.2 Å². The van der Waals surface area contributed by atoms with Gasteiger partial charge in [0.1, 0.15) is 12.4 Å². The van der Waals surface area contributed by atoms with Gasteiger partial charge in [0.25, 0.3) is 0 Å². The minimum atomic E-state index is 0.0196. The van der Waals surface area contributed by atoms with Gasteiger partial charge < -0.3 is 19.5 Å². The molecule has 0 aromatic heterocycles. The molecule has 1 N–H and O–H groups in total. The number of aryl methyl sites for hydroxylation is 3. The number of hydrogen-bond acceptors (Lipinski definition) is 4. The molecule has 0 atom stereocenters. The van der Waals surface area contributed by atoms with Gasteiger partial charge in [-0.05, 0) is 61.2 Å². The van der Waals surface area contributed by atoms with E-state index >= 15 is 0 Å².